The Morgan fingerprint density at radius 1 is 0.800 bits per heavy atom. The number of unbranched alkanes of at least 4 members (excludes halogenated alkanes) is 10. The molecule has 0 saturated carbocycles. The molecule has 0 amide bonds. The van der Waals surface area contributed by atoms with Crippen LogP contribution in [0, 0.1) is 6.07 Å². The van der Waals surface area contributed by atoms with Gasteiger partial charge in [0.05, 0.1) is 6.61 Å². The molecule has 0 N–H and O–H groups in total. The molecule has 1 rings (SSSR count). The van der Waals surface area contributed by atoms with Crippen LogP contribution in [0.5, 0.6) is 5.75 Å². The van der Waals surface area contributed by atoms with Crippen LogP contribution in [-0.2, 0) is 0 Å². The van der Waals surface area contributed by atoms with Crippen molar-refractivity contribution in [3.8, 4) is 5.75 Å². The summed E-state index contributed by atoms with van der Waals surface area (Å²) in [6.45, 7) is 3.11. The Bertz CT molecular complexity index is 294. The largest absolute Gasteiger partial charge is 0.493 e. The number of ether oxygens (including phenoxy) is 1. The highest BCUT2D eigenvalue weighted by atomic mass is 16.5. The summed E-state index contributed by atoms with van der Waals surface area (Å²) in [5, 5.41) is 0. The number of para-hydroxylation sites is 1. The molecule has 0 aromatic heterocycles. The van der Waals surface area contributed by atoms with Gasteiger partial charge >= 0.3 is 0 Å². The Hall–Kier alpha value is -0.980. The van der Waals surface area contributed by atoms with Gasteiger partial charge in [-0.05, 0) is 12.5 Å². The van der Waals surface area contributed by atoms with Crippen LogP contribution < -0.4 is 4.74 Å². The fourth-order valence-electron chi connectivity index (χ4n) is 2.42. The van der Waals surface area contributed by atoms with Gasteiger partial charge in [0.2, 0.25) is 0 Å². The van der Waals surface area contributed by atoms with E-state index in [1.807, 2.05) is 24.3 Å². The predicted molar refractivity (Wildman–Crippen MR) is 87.2 cm³/mol. The minimum Gasteiger partial charge on any atom is -0.493 e. The molecular formula is C19H31O. The van der Waals surface area contributed by atoms with Crippen molar-refractivity contribution in [1.29, 1.82) is 0 Å². The van der Waals surface area contributed by atoms with E-state index in [9.17, 15) is 0 Å². The maximum absolute atomic E-state index is 5.63. The molecule has 0 aliphatic heterocycles. The molecular weight excluding hydrogens is 244 g/mol. The van der Waals surface area contributed by atoms with E-state index in [1.165, 1.54) is 70.6 Å². The zero-order valence-electron chi connectivity index (χ0n) is 13.2. The first-order valence-electron chi connectivity index (χ1n) is 8.53. The Morgan fingerprint density at radius 2 is 1.40 bits per heavy atom. The summed E-state index contributed by atoms with van der Waals surface area (Å²) >= 11 is 0. The zero-order valence-corrected chi connectivity index (χ0v) is 13.2. The van der Waals surface area contributed by atoms with Gasteiger partial charge in [0.15, 0.2) is 0 Å². The van der Waals surface area contributed by atoms with E-state index in [-0.39, 0.29) is 0 Å². The van der Waals surface area contributed by atoms with Crippen molar-refractivity contribution < 1.29 is 4.74 Å². The van der Waals surface area contributed by atoms with E-state index in [1.54, 1.807) is 0 Å². The maximum atomic E-state index is 5.63. The summed E-state index contributed by atoms with van der Waals surface area (Å²) in [4.78, 5) is 0. The van der Waals surface area contributed by atoms with Gasteiger partial charge < -0.3 is 4.74 Å². The summed E-state index contributed by atoms with van der Waals surface area (Å²) in [6, 6.07) is 10.9. The lowest BCUT2D eigenvalue weighted by Crippen LogP contribution is -1.97. The Balaban J connectivity index is 1.77. The molecule has 0 bridgehead atoms. The molecule has 1 heteroatoms. The average molecular weight is 275 g/mol. The summed E-state index contributed by atoms with van der Waals surface area (Å²) in [5.41, 5.74) is 0. The molecule has 0 unspecified atom stereocenters. The van der Waals surface area contributed by atoms with Gasteiger partial charge in [0.25, 0.3) is 0 Å². The lowest BCUT2D eigenvalue weighted by atomic mass is 10.1. The number of hydrogen-bond acceptors (Lipinski definition) is 1. The number of benzene rings is 1. The highest BCUT2D eigenvalue weighted by Crippen LogP contribution is 2.12. The molecule has 0 spiro atoms. The Labute approximate surface area is 125 Å². The van der Waals surface area contributed by atoms with E-state index >= 15 is 0 Å². The Morgan fingerprint density at radius 3 is 1.95 bits per heavy atom. The van der Waals surface area contributed by atoms with Crippen molar-refractivity contribution in [3.63, 3.8) is 0 Å². The first-order chi connectivity index (χ1) is 9.93. The maximum Gasteiger partial charge on any atom is 0.127 e. The van der Waals surface area contributed by atoms with Crippen LogP contribution in [0.25, 0.3) is 0 Å². The van der Waals surface area contributed by atoms with E-state index < -0.39 is 0 Å². The highest BCUT2D eigenvalue weighted by Gasteiger charge is 1.94. The van der Waals surface area contributed by atoms with Crippen LogP contribution in [0.4, 0.5) is 0 Å². The molecule has 0 heterocycles. The van der Waals surface area contributed by atoms with Gasteiger partial charge in [0.1, 0.15) is 5.75 Å². The third-order valence-corrected chi connectivity index (χ3v) is 3.69. The van der Waals surface area contributed by atoms with Crippen LogP contribution in [0.2, 0.25) is 0 Å². The van der Waals surface area contributed by atoms with E-state index in [0.717, 1.165) is 12.4 Å². The monoisotopic (exact) mass is 275 g/mol. The molecule has 0 aliphatic carbocycles. The first kappa shape index (κ1) is 17.1. The summed E-state index contributed by atoms with van der Waals surface area (Å²) < 4.78 is 5.63. The standard InChI is InChI=1S/C19H31O/c1-2-3-4-5-6-7-8-9-10-11-15-18-20-19-16-13-12-14-17-19/h12-14,16H,2-11,15,18H2,1H3. The molecule has 0 aliphatic rings. The SMILES string of the molecule is CCCCCCCCCCCCCOc1[c]cccc1. The molecule has 0 atom stereocenters. The van der Waals surface area contributed by atoms with Crippen molar-refractivity contribution in [2.45, 2.75) is 77.6 Å². The molecule has 113 valence electrons. The third-order valence-electron chi connectivity index (χ3n) is 3.69. The molecule has 0 fully saturated rings. The normalized spacial score (nSPS) is 10.7. The van der Waals surface area contributed by atoms with Gasteiger partial charge in [0, 0.05) is 6.07 Å². The van der Waals surface area contributed by atoms with Crippen molar-refractivity contribution in [2.24, 2.45) is 0 Å². The lowest BCUT2D eigenvalue weighted by molar-refractivity contribution is 0.303. The zero-order chi connectivity index (χ0) is 14.3. The second-order valence-corrected chi connectivity index (χ2v) is 5.61. The van der Waals surface area contributed by atoms with E-state index in [4.69, 9.17) is 4.74 Å². The fourth-order valence-corrected chi connectivity index (χ4v) is 2.42. The summed E-state index contributed by atoms with van der Waals surface area (Å²) in [6.07, 6.45) is 15.1. The minimum atomic E-state index is 0.831. The number of hydrogen-bond donors (Lipinski definition) is 0. The first-order valence-corrected chi connectivity index (χ1v) is 8.53. The summed E-state index contributed by atoms with van der Waals surface area (Å²) in [5.74, 6) is 0.875. The Kier molecular flexibility index (Phi) is 11.1. The van der Waals surface area contributed by atoms with Crippen molar-refractivity contribution in [1.82, 2.24) is 0 Å². The van der Waals surface area contributed by atoms with Crippen LogP contribution in [0.3, 0.4) is 0 Å². The molecule has 1 aromatic rings. The molecule has 1 aromatic carbocycles. The van der Waals surface area contributed by atoms with Gasteiger partial charge in [-0.1, -0.05) is 89.3 Å². The van der Waals surface area contributed by atoms with Crippen molar-refractivity contribution >= 4 is 0 Å². The number of rotatable bonds is 13. The highest BCUT2D eigenvalue weighted by molar-refractivity contribution is 5.19. The van der Waals surface area contributed by atoms with E-state index in [2.05, 4.69) is 13.0 Å². The van der Waals surface area contributed by atoms with Gasteiger partial charge in [-0.25, -0.2) is 0 Å². The lowest BCUT2D eigenvalue weighted by Gasteiger charge is -2.05. The molecule has 0 saturated heterocycles. The van der Waals surface area contributed by atoms with Crippen LogP contribution in [0.15, 0.2) is 24.3 Å². The van der Waals surface area contributed by atoms with Crippen molar-refractivity contribution in [3.05, 3.63) is 30.3 Å². The van der Waals surface area contributed by atoms with Crippen LogP contribution in [0.1, 0.15) is 77.6 Å². The molecule has 1 nitrogen and oxygen atoms in total. The van der Waals surface area contributed by atoms with Crippen LogP contribution >= 0.6 is 0 Å². The van der Waals surface area contributed by atoms with Gasteiger partial charge in [-0.2, -0.15) is 0 Å². The summed E-state index contributed by atoms with van der Waals surface area (Å²) in [7, 11) is 0. The predicted octanol–water partition coefficient (Wildman–Crippen LogP) is 6.18. The fraction of sp³-hybridized carbons (Fsp3) is 0.684. The van der Waals surface area contributed by atoms with Gasteiger partial charge in [-0.3, -0.25) is 0 Å². The minimum absolute atomic E-state index is 0.831. The quantitative estimate of drug-likeness (QED) is 0.391. The second kappa shape index (κ2) is 13.0. The molecule has 20 heavy (non-hydrogen) atoms. The topological polar surface area (TPSA) is 9.23 Å². The average Bonchev–Trinajstić information content (AvgIpc) is 2.49. The van der Waals surface area contributed by atoms with Gasteiger partial charge in [-0.15, -0.1) is 0 Å². The van der Waals surface area contributed by atoms with Crippen molar-refractivity contribution in [2.75, 3.05) is 6.61 Å². The van der Waals surface area contributed by atoms with E-state index in [0.29, 0.717) is 0 Å². The smallest absolute Gasteiger partial charge is 0.127 e. The second-order valence-electron chi connectivity index (χ2n) is 5.61. The third kappa shape index (κ3) is 9.89. The van der Waals surface area contributed by atoms with Crippen LogP contribution in [-0.4, -0.2) is 6.61 Å². The molecule has 1 radical (unpaired) electrons.